The van der Waals surface area contributed by atoms with Crippen molar-refractivity contribution in [3.63, 3.8) is 0 Å². The first-order valence-electron chi connectivity index (χ1n) is 29.1. The molecule has 0 unspecified atom stereocenters. The van der Waals surface area contributed by atoms with Crippen molar-refractivity contribution in [3.8, 4) is 0 Å². The molecule has 0 aliphatic carbocycles. The topological polar surface area (TPSA) is 259 Å². The summed E-state index contributed by atoms with van der Waals surface area (Å²) < 4.78 is 82.4. The Morgan fingerprint density at radius 2 is 1.00 bits per heavy atom. The van der Waals surface area contributed by atoms with Crippen LogP contribution in [0.15, 0.2) is 106 Å². The molecule has 21 nitrogen and oxygen atoms in total. The summed E-state index contributed by atoms with van der Waals surface area (Å²) in [5, 5.41) is 24.7. The second-order valence-corrected chi connectivity index (χ2v) is 28.2. The van der Waals surface area contributed by atoms with E-state index in [-0.39, 0.29) is 52.7 Å². The third-order valence-corrected chi connectivity index (χ3v) is 21.0. The summed E-state index contributed by atoms with van der Waals surface area (Å²) in [5.74, 6) is 1.74. The van der Waals surface area contributed by atoms with Gasteiger partial charge >= 0.3 is 0 Å². The van der Waals surface area contributed by atoms with E-state index < -0.39 is 35.3 Å². The molecule has 2 atom stereocenters. The van der Waals surface area contributed by atoms with E-state index in [1.165, 1.54) is 12.1 Å². The number of nitrogens with zero attached hydrogens (tertiary/aromatic N) is 7. The lowest BCUT2D eigenvalue weighted by atomic mass is 10.1. The van der Waals surface area contributed by atoms with Crippen LogP contribution in [0.4, 0.5) is 38.8 Å². The average molecular weight is 1220 g/mol. The zero-order valence-corrected chi connectivity index (χ0v) is 51.0. The molecule has 0 bridgehead atoms. The Morgan fingerprint density at radius 3 is 1.48 bits per heavy atom. The van der Waals surface area contributed by atoms with E-state index in [1.54, 1.807) is 57.3 Å². The van der Waals surface area contributed by atoms with Gasteiger partial charge in [-0.2, -0.15) is 0 Å². The van der Waals surface area contributed by atoms with Gasteiger partial charge < -0.3 is 51.3 Å². The molecule has 7 aliphatic heterocycles. The lowest BCUT2D eigenvalue weighted by Crippen LogP contribution is -2.46. The maximum atomic E-state index is 12.4. The van der Waals surface area contributed by atoms with Crippen LogP contribution in [0.1, 0.15) is 63.1 Å². The summed E-state index contributed by atoms with van der Waals surface area (Å²) in [6.07, 6.45) is 7.45. The van der Waals surface area contributed by atoms with Crippen molar-refractivity contribution in [1.29, 1.82) is 0 Å². The van der Waals surface area contributed by atoms with Crippen molar-refractivity contribution in [2.24, 2.45) is 0 Å². The number of hydrogen-bond acceptors (Lipinski definition) is 19. The highest BCUT2D eigenvalue weighted by Crippen LogP contribution is 2.37. The van der Waals surface area contributed by atoms with Crippen molar-refractivity contribution in [1.82, 2.24) is 30.8 Å². The maximum Gasteiger partial charge on any atom is 0.247 e. The zero-order valence-electron chi connectivity index (χ0n) is 48.5. The smallest absolute Gasteiger partial charge is 0.247 e. The molecule has 12 rings (SSSR count). The number of aromatic nitrogens is 2. The first-order valence-corrected chi connectivity index (χ1v) is 34.0. The molecule has 5 aromatic rings. The molecule has 3 aromatic carbocycles. The van der Waals surface area contributed by atoms with Crippen molar-refractivity contribution in [3.05, 3.63) is 114 Å². The number of carbonyl (C=O) groups excluding carboxylic acids is 2. The van der Waals surface area contributed by atoms with Gasteiger partial charge in [0.25, 0.3) is 0 Å². The van der Waals surface area contributed by atoms with E-state index in [1.807, 2.05) is 31.3 Å². The molecular weight excluding hydrogens is 1140 g/mol. The van der Waals surface area contributed by atoms with Crippen LogP contribution in [-0.2, 0) is 52.3 Å². The van der Waals surface area contributed by atoms with Crippen LogP contribution in [0, 0.1) is 12.7 Å². The summed E-state index contributed by atoms with van der Waals surface area (Å²) in [7, 11) is -9.45. The third-order valence-electron chi connectivity index (χ3n) is 15.8. The lowest BCUT2D eigenvalue weighted by Gasteiger charge is -2.36. The Balaban J connectivity index is 0.000000151. The number of benzene rings is 3. The first-order chi connectivity index (χ1) is 40.3. The fourth-order valence-electron chi connectivity index (χ4n) is 10.9. The van der Waals surface area contributed by atoms with Gasteiger partial charge in [-0.05, 0) is 128 Å². The summed E-state index contributed by atoms with van der Waals surface area (Å²) in [6.45, 7) is 21.4. The normalized spacial score (nSPS) is 19.4. The molecule has 9 heterocycles. The summed E-state index contributed by atoms with van der Waals surface area (Å²) in [4.78, 5) is 45.3. The largest absolute Gasteiger partial charge is 0.392 e. The zero-order chi connectivity index (χ0) is 60.0. The minimum absolute atomic E-state index is 0.0403. The minimum atomic E-state index is -3.18. The number of sulfone groups is 3. The van der Waals surface area contributed by atoms with E-state index >= 15 is 0 Å². The Hall–Kier alpha value is -6.32. The van der Waals surface area contributed by atoms with E-state index in [4.69, 9.17) is 5.11 Å². The number of pyridine rings is 2. The van der Waals surface area contributed by atoms with Gasteiger partial charge in [-0.15, -0.1) is 0 Å². The molecule has 0 radical (unpaired) electrons. The number of aliphatic hydroxyl groups excluding tert-OH is 1. The van der Waals surface area contributed by atoms with Crippen molar-refractivity contribution in [2.75, 3.05) is 139 Å². The van der Waals surface area contributed by atoms with Gasteiger partial charge in [0.2, 0.25) is 11.8 Å². The van der Waals surface area contributed by atoms with Crippen LogP contribution in [0.25, 0.3) is 0 Å². The van der Waals surface area contributed by atoms with Crippen LogP contribution < -0.4 is 46.2 Å². The highest BCUT2D eigenvalue weighted by atomic mass is 32.2. The Labute approximate surface area is 494 Å². The molecule has 0 saturated carbocycles. The van der Waals surface area contributed by atoms with Crippen LogP contribution >= 0.6 is 0 Å². The highest BCUT2D eigenvalue weighted by Gasteiger charge is 2.38. The molecule has 6 N–H and O–H groups in total. The molecule has 456 valence electrons. The predicted molar refractivity (Wildman–Crippen MR) is 328 cm³/mol. The number of aliphatic hydroxyl groups is 1. The summed E-state index contributed by atoms with van der Waals surface area (Å²) >= 11 is 0. The number of nitrogens with one attached hydrogen (secondary N) is 5. The maximum absolute atomic E-state index is 12.4. The number of aryl methyl sites for hydroxylation is 1. The van der Waals surface area contributed by atoms with Crippen LogP contribution in [-0.4, -0.2) is 178 Å². The van der Waals surface area contributed by atoms with Gasteiger partial charge in [-0.3, -0.25) is 14.5 Å². The molecule has 2 aromatic heterocycles. The van der Waals surface area contributed by atoms with E-state index in [2.05, 4.69) is 67.1 Å². The number of anilines is 6. The fourth-order valence-corrected chi connectivity index (χ4v) is 13.7. The van der Waals surface area contributed by atoms with E-state index in [9.17, 15) is 39.2 Å². The number of rotatable bonds is 11. The van der Waals surface area contributed by atoms with Crippen LogP contribution in [0.5, 0.6) is 0 Å². The fraction of sp³-hybridized carbons (Fsp3) is 0.492. The number of fused-ring (bicyclic) bond motifs is 6. The van der Waals surface area contributed by atoms with Crippen molar-refractivity contribution >= 4 is 75.7 Å². The number of amides is 2. The van der Waals surface area contributed by atoms with E-state index in [0.29, 0.717) is 9.79 Å². The van der Waals surface area contributed by atoms with Gasteiger partial charge in [0.1, 0.15) is 17.9 Å². The molecule has 5 fully saturated rings. The second-order valence-electron chi connectivity index (χ2n) is 21.4. The van der Waals surface area contributed by atoms with Gasteiger partial charge in [-0.25, -0.2) is 39.6 Å². The Kier molecular flexibility index (Phi) is 22.1. The molecule has 5 saturated heterocycles. The minimum Gasteiger partial charge on any atom is -0.392 e. The first kappa shape index (κ1) is 63.7. The Morgan fingerprint density at radius 1 is 0.548 bits per heavy atom. The van der Waals surface area contributed by atoms with Crippen LogP contribution in [0.3, 0.4) is 0 Å². The number of halogens is 1. The molecule has 7 aliphatic rings. The third kappa shape index (κ3) is 16.1. The highest BCUT2D eigenvalue weighted by molar-refractivity contribution is 7.92. The Bertz CT molecular complexity index is 3370. The number of piperazine rings is 3. The van der Waals surface area contributed by atoms with Gasteiger partial charge in [0.15, 0.2) is 41.1 Å². The average Bonchev–Trinajstić information content (AvgIpc) is 4.22. The quantitative estimate of drug-likeness (QED) is 0.0987. The predicted octanol–water partition coefficient (Wildman–Crippen LogP) is 4.61. The SMILES string of the molecule is C1CNCCN1.CCS(=O)(=O)c1ccc(F)cc1.CCS(=O)(=O)c1ccc(N2CCN(Cc3cnc4c(c3)NC(=O)[C@@H]3CCCN43)CC2)cc1.CCS(=O)(=O)c1ccc(N2CCNCC2)c(C)c1.O=C1Nc2cc(CO)cnc2N2CCC[C@@H]12. The number of hydrogen-bond donors (Lipinski definition) is 6. The molecular formula is C59H81FN12O9S3. The molecule has 2 amide bonds. The van der Waals surface area contributed by atoms with Crippen molar-refractivity contribution in [2.45, 2.75) is 93.3 Å². The van der Waals surface area contributed by atoms with Gasteiger partial charge in [0, 0.05) is 122 Å². The second kappa shape index (κ2) is 29.2. The van der Waals surface area contributed by atoms with Gasteiger partial charge in [0.05, 0.1) is 49.9 Å². The van der Waals surface area contributed by atoms with E-state index in [0.717, 1.165) is 187 Å². The molecule has 0 spiro atoms. The van der Waals surface area contributed by atoms with Gasteiger partial charge in [-0.1, -0.05) is 20.8 Å². The molecule has 25 heteroatoms. The molecule has 84 heavy (non-hydrogen) atoms. The van der Waals surface area contributed by atoms with Crippen molar-refractivity contribution < 1.29 is 44.3 Å². The lowest BCUT2D eigenvalue weighted by molar-refractivity contribution is -0.118. The summed E-state index contributed by atoms with van der Waals surface area (Å²) in [5.41, 5.74) is 6.60. The number of carbonyl (C=O) groups is 2. The van der Waals surface area contributed by atoms with Crippen LogP contribution in [0.2, 0.25) is 0 Å². The monoisotopic (exact) mass is 1220 g/mol. The summed E-state index contributed by atoms with van der Waals surface area (Å²) in [6, 6.07) is 21.2. The standard InChI is InChI=1S/C23H29N5O3S.C13H20N2O2S.C11H13N3O2.C8H9FO2S.C4H10N2/c1-2-32(30,31)19-7-5-18(6-8-19)27-12-10-26(11-13-27)16-17-14-20-22(24-15-17)28-9-3-4-21(28)23(29)25-20;1-3-18(16,17)12-4-5-13(11(2)10-12)15-8-6-14-7-9-15;15-6-7-4-8-10(12-5-7)14-3-1-2-9(14)11(16)13-8;1-2-12(10,11)8-5-3-7(9)4-6-8;1-2-6-4-3-5-1/h5-8,14-15,21H,2-4,9-13,16H2,1H3,(H,25,29);4-5,10,14H,3,6-9H2,1-2H3;4-5,9,15H,1-3,6H2,(H,13,16);3-6H,2H2,1H3;5-6H,1-4H2/t21-;;9-;;/m0.0../s1.